The van der Waals surface area contributed by atoms with Gasteiger partial charge in [-0.15, -0.1) is 0 Å². The molecular weight excluding hydrogens is 394 g/mol. The summed E-state index contributed by atoms with van der Waals surface area (Å²) >= 11 is 0. The Bertz CT molecular complexity index is 1190. The van der Waals surface area contributed by atoms with E-state index < -0.39 is 15.6 Å². The van der Waals surface area contributed by atoms with Gasteiger partial charge >= 0.3 is 0 Å². The van der Waals surface area contributed by atoms with E-state index in [0.29, 0.717) is 0 Å². The van der Waals surface area contributed by atoms with Gasteiger partial charge in [0.1, 0.15) is 4.91 Å². The summed E-state index contributed by atoms with van der Waals surface area (Å²) in [6, 6.07) is 10.7. The average molecular weight is 422 g/mol. The Morgan fingerprint density at radius 3 is 2.07 bits per heavy atom. The first-order chi connectivity index (χ1) is 14.0. The number of anilines is 1. The van der Waals surface area contributed by atoms with E-state index in [2.05, 4.69) is 44.7 Å². The molecule has 0 amide bonds. The second-order valence-corrected chi connectivity index (χ2v) is 11.9. The molecule has 5 heteroatoms. The van der Waals surface area contributed by atoms with Crippen LogP contribution in [0.1, 0.15) is 67.6 Å². The third kappa shape index (κ3) is 2.64. The highest BCUT2D eigenvalue weighted by Crippen LogP contribution is 2.49. The average Bonchev–Trinajstić information content (AvgIpc) is 2.88. The third-order valence-corrected chi connectivity index (χ3v) is 8.97. The van der Waals surface area contributed by atoms with Crippen molar-refractivity contribution in [1.82, 2.24) is 0 Å². The Labute approximate surface area is 178 Å². The fourth-order valence-electron chi connectivity index (χ4n) is 5.10. The van der Waals surface area contributed by atoms with Gasteiger partial charge in [0, 0.05) is 24.3 Å². The first kappa shape index (κ1) is 19.6. The molecule has 3 heterocycles. The molecule has 0 spiro atoms. The number of carbonyl (C=O) groups is 1. The van der Waals surface area contributed by atoms with Gasteiger partial charge in [0.05, 0.1) is 4.90 Å². The largest absolute Gasteiger partial charge is 0.371 e. The van der Waals surface area contributed by atoms with Crippen molar-refractivity contribution in [3.63, 3.8) is 0 Å². The molecule has 0 unspecified atom stereocenters. The summed E-state index contributed by atoms with van der Waals surface area (Å²) in [5.41, 5.74) is 4.91. The standard InChI is InChI=1S/C25H27NO3S/c1-24(2)9-11-26-12-10-25(3,4)19-14-16(13-18(24)22(19)26)15-21-23(27)17-7-5-6-8-20(17)30(21,28)29/h5-8,13-15H,9-12H2,1-4H3/b21-15+. The minimum atomic E-state index is -3.79. The molecule has 0 saturated heterocycles. The molecule has 3 aliphatic heterocycles. The molecule has 0 radical (unpaired) electrons. The highest BCUT2D eigenvalue weighted by atomic mass is 32.2. The smallest absolute Gasteiger partial charge is 0.211 e. The normalized spacial score (nSPS) is 23.9. The number of carbonyl (C=O) groups excluding carboxylic acids is 1. The molecule has 0 fully saturated rings. The second kappa shape index (κ2) is 6.07. The van der Waals surface area contributed by atoms with Crippen LogP contribution in [0.25, 0.3) is 6.08 Å². The van der Waals surface area contributed by atoms with E-state index in [-0.39, 0.29) is 26.2 Å². The molecule has 3 aliphatic rings. The maximum absolute atomic E-state index is 13.1. The zero-order valence-corrected chi connectivity index (χ0v) is 18.8. The number of benzene rings is 2. The van der Waals surface area contributed by atoms with Gasteiger partial charge in [-0.2, -0.15) is 0 Å². The van der Waals surface area contributed by atoms with Gasteiger partial charge in [-0.25, -0.2) is 8.42 Å². The van der Waals surface area contributed by atoms with Gasteiger partial charge in [-0.05, 0) is 70.7 Å². The lowest BCUT2D eigenvalue weighted by molar-refractivity contribution is 0.104. The molecule has 0 bridgehead atoms. The number of nitrogens with zero attached hydrogens (tertiary/aromatic N) is 1. The van der Waals surface area contributed by atoms with Crippen LogP contribution in [-0.2, 0) is 20.7 Å². The molecule has 2 aromatic carbocycles. The lowest BCUT2D eigenvalue weighted by Crippen LogP contribution is -2.44. The van der Waals surface area contributed by atoms with E-state index in [0.717, 1.165) is 31.5 Å². The molecule has 4 nitrogen and oxygen atoms in total. The first-order valence-electron chi connectivity index (χ1n) is 10.6. The second-order valence-electron chi connectivity index (χ2n) is 10.1. The highest BCUT2D eigenvalue weighted by molar-refractivity contribution is 7.97. The van der Waals surface area contributed by atoms with E-state index in [9.17, 15) is 13.2 Å². The number of fused-ring (bicyclic) bond motifs is 1. The minimum absolute atomic E-state index is 0.00401. The summed E-state index contributed by atoms with van der Waals surface area (Å²) in [5.74, 6) is -0.405. The van der Waals surface area contributed by atoms with Crippen LogP contribution in [0.15, 0.2) is 46.2 Å². The van der Waals surface area contributed by atoms with Crippen LogP contribution >= 0.6 is 0 Å². The summed E-state index contributed by atoms with van der Waals surface area (Å²) < 4.78 is 26.1. The molecule has 0 aliphatic carbocycles. The number of hydrogen-bond acceptors (Lipinski definition) is 4. The van der Waals surface area contributed by atoms with Crippen LogP contribution in [-0.4, -0.2) is 27.3 Å². The van der Waals surface area contributed by atoms with Crippen LogP contribution in [0.2, 0.25) is 0 Å². The first-order valence-corrected chi connectivity index (χ1v) is 12.1. The molecule has 0 aromatic heterocycles. The van der Waals surface area contributed by atoms with E-state index in [1.807, 2.05) is 0 Å². The Kier molecular flexibility index (Phi) is 3.96. The van der Waals surface area contributed by atoms with Crippen LogP contribution in [0.5, 0.6) is 0 Å². The van der Waals surface area contributed by atoms with Crippen molar-refractivity contribution in [3.05, 3.63) is 63.6 Å². The van der Waals surface area contributed by atoms with Crippen molar-refractivity contribution in [1.29, 1.82) is 0 Å². The predicted molar refractivity (Wildman–Crippen MR) is 120 cm³/mol. The number of rotatable bonds is 1. The minimum Gasteiger partial charge on any atom is -0.371 e. The van der Waals surface area contributed by atoms with Crippen LogP contribution < -0.4 is 4.90 Å². The number of allylic oxidation sites excluding steroid dienone is 1. The number of hydrogen-bond donors (Lipinski definition) is 0. The quantitative estimate of drug-likeness (QED) is 0.617. The molecule has 156 valence electrons. The molecule has 30 heavy (non-hydrogen) atoms. The number of Topliss-reactive ketones (excluding diaryl/α,β-unsaturated/α-hetero) is 1. The maximum atomic E-state index is 13.1. The fourth-order valence-corrected chi connectivity index (χ4v) is 6.69. The zero-order valence-electron chi connectivity index (χ0n) is 18.0. The zero-order chi connectivity index (χ0) is 21.5. The van der Waals surface area contributed by atoms with Gasteiger partial charge < -0.3 is 4.90 Å². The summed E-state index contributed by atoms with van der Waals surface area (Å²) in [5, 5.41) is 0. The molecular formula is C25H27NO3S. The Morgan fingerprint density at radius 2 is 1.50 bits per heavy atom. The Hall–Kier alpha value is -2.40. The third-order valence-electron chi connectivity index (χ3n) is 7.15. The summed E-state index contributed by atoms with van der Waals surface area (Å²) in [6.45, 7) is 11.1. The van der Waals surface area contributed by atoms with E-state index in [1.165, 1.54) is 22.9 Å². The van der Waals surface area contributed by atoms with Gasteiger partial charge in [-0.3, -0.25) is 4.79 Å². The Morgan fingerprint density at radius 1 is 0.933 bits per heavy atom. The lowest BCUT2D eigenvalue weighted by atomic mass is 9.69. The summed E-state index contributed by atoms with van der Waals surface area (Å²) in [4.78, 5) is 15.4. The van der Waals surface area contributed by atoms with Gasteiger partial charge in [0.2, 0.25) is 15.6 Å². The van der Waals surface area contributed by atoms with Crippen LogP contribution in [0.3, 0.4) is 0 Å². The van der Waals surface area contributed by atoms with Crippen molar-refractivity contribution in [2.45, 2.75) is 56.3 Å². The SMILES string of the molecule is CC1(C)CCN2CCC(C)(C)c3cc(/C=C4\C(=O)c5ccccc5S4(=O)=O)cc1c32. The molecule has 2 aromatic rings. The molecule has 0 saturated carbocycles. The highest BCUT2D eigenvalue weighted by Gasteiger charge is 2.41. The van der Waals surface area contributed by atoms with Crippen LogP contribution in [0, 0.1) is 0 Å². The van der Waals surface area contributed by atoms with Crippen molar-refractivity contribution >= 4 is 27.4 Å². The molecule has 0 N–H and O–H groups in total. The van der Waals surface area contributed by atoms with E-state index in [4.69, 9.17) is 0 Å². The summed E-state index contributed by atoms with van der Waals surface area (Å²) in [7, 11) is -3.79. The Balaban J connectivity index is 1.74. The maximum Gasteiger partial charge on any atom is 0.211 e. The molecule has 5 rings (SSSR count). The summed E-state index contributed by atoms with van der Waals surface area (Å²) in [6.07, 6.45) is 3.71. The topological polar surface area (TPSA) is 54.5 Å². The predicted octanol–water partition coefficient (Wildman–Crippen LogP) is 4.87. The fraction of sp³-hybridized carbons (Fsp3) is 0.400. The van der Waals surface area contributed by atoms with Gasteiger partial charge in [-0.1, -0.05) is 39.8 Å². The van der Waals surface area contributed by atoms with Crippen molar-refractivity contribution < 1.29 is 13.2 Å². The van der Waals surface area contributed by atoms with Gasteiger partial charge in [0.15, 0.2) is 0 Å². The number of sulfone groups is 1. The van der Waals surface area contributed by atoms with E-state index >= 15 is 0 Å². The monoisotopic (exact) mass is 421 g/mol. The van der Waals surface area contributed by atoms with Crippen molar-refractivity contribution in [2.75, 3.05) is 18.0 Å². The van der Waals surface area contributed by atoms with E-state index in [1.54, 1.807) is 24.3 Å². The number of ketones is 1. The van der Waals surface area contributed by atoms with Gasteiger partial charge in [0.25, 0.3) is 0 Å². The molecule has 0 atom stereocenters. The van der Waals surface area contributed by atoms with Crippen molar-refractivity contribution in [3.8, 4) is 0 Å². The lowest BCUT2D eigenvalue weighted by Gasteiger charge is -2.48. The van der Waals surface area contributed by atoms with Crippen molar-refractivity contribution in [2.24, 2.45) is 0 Å². The van der Waals surface area contributed by atoms with Crippen LogP contribution in [0.4, 0.5) is 5.69 Å².